The van der Waals surface area contributed by atoms with E-state index < -0.39 is 0 Å². The monoisotopic (exact) mass is 264 g/mol. The maximum atomic E-state index is 11.4. The average Bonchev–Trinajstić information content (AvgIpc) is 2.44. The van der Waals surface area contributed by atoms with E-state index in [0.717, 1.165) is 25.9 Å². The van der Waals surface area contributed by atoms with Gasteiger partial charge >= 0.3 is 0 Å². The SMILES string of the molecule is COCCNC(=O)CCNCCCc1ccccc1. The Morgan fingerprint density at radius 1 is 1.16 bits per heavy atom. The second-order valence-electron chi connectivity index (χ2n) is 4.43. The molecule has 1 rings (SSSR count). The fourth-order valence-electron chi connectivity index (χ4n) is 1.77. The van der Waals surface area contributed by atoms with Crippen LogP contribution in [0, 0.1) is 0 Å². The molecule has 4 nitrogen and oxygen atoms in total. The number of amides is 1. The van der Waals surface area contributed by atoms with Crippen molar-refractivity contribution >= 4 is 5.91 Å². The van der Waals surface area contributed by atoms with Crippen LogP contribution < -0.4 is 10.6 Å². The molecule has 0 saturated heterocycles. The maximum absolute atomic E-state index is 11.4. The fourth-order valence-corrected chi connectivity index (χ4v) is 1.77. The molecule has 0 unspecified atom stereocenters. The minimum atomic E-state index is 0.0765. The third kappa shape index (κ3) is 8.35. The molecule has 0 fully saturated rings. The lowest BCUT2D eigenvalue weighted by atomic mass is 10.1. The molecule has 106 valence electrons. The predicted molar refractivity (Wildman–Crippen MR) is 77.1 cm³/mol. The van der Waals surface area contributed by atoms with Crippen LogP contribution in [0.5, 0.6) is 0 Å². The van der Waals surface area contributed by atoms with E-state index in [0.29, 0.717) is 19.6 Å². The lowest BCUT2D eigenvalue weighted by Gasteiger charge is -2.06. The molecular weight excluding hydrogens is 240 g/mol. The number of aryl methyl sites for hydroxylation is 1. The van der Waals surface area contributed by atoms with E-state index in [-0.39, 0.29) is 5.91 Å². The first kappa shape index (κ1) is 15.7. The van der Waals surface area contributed by atoms with E-state index in [2.05, 4.69) is 34.9 Å². The summed E-state index contributed by atoms with van der Waals surface area (Å²) in [5, 5.41) is 6.08. The van der Waals surface area contributed by atoms with Gasteiger partial charge in [0, 0.05) is 26.6 Å². The first-order valence-corrected chi connectivity index (χ1v) is 6.83. The summed E-state index contributed by atoms with van der Waals surface area (Å²) < 4.78 is 4.86. The van der Waals surface area contributed by atoms with Gasteiger partial charge in [-0.15, -0.1) is 0 Å². The van der Waals surface area contributed by atoms with Crippen molar-refractivity contribution in [1.29, 1.82) is 0 Å². The highest BCUT2D eigenvalue weighted by molar-refractivity contribution is 5.75. The standard InChI is InChI=1S/C15H24N2O2/c1-19-13-12-17-15(18)9-11-16-10-5-8-14-6-3-2-4-7-14/h2-4,6-7,16H,5,8-13H2,1H3,(H,17,18). The molecule has 0 aliphatic rings. The van der Waals surface area contributed by atoms with Crippen LogP contribution in [-0.4, -0.2) is 39.3 Å². The summed E-state index contributed by atoms with van der Waals surface area (Å²) in [6.45, 7) is 2.83. The van der Waals surface area contributed by atoms with Crippen LogP contribution in [0.1, 0.15) is 18.4 Å². The second-order valence-corrected chi connectivity index (χ2v) is 4.43. The zero-order valence-corrected chi connectivity index (χ0v) is 11.7. The predicted octanol–water partition coefficient (Wildman–Crippen LogP) is 1.36. The Hall–Kier alpha value is -1.39. The van der Waals surface area contributed by atoms with Gasteiger partial charge in [-0.3, -0.25) is 4.79 Å². The molecule has 0 aromatic heterocycles. The highest BCUT2D eigenvalue weighted by Crippen LogP contribution is 2.01. The van der Waals surface area contributed by atoms with Gasteiger partial charge in [-0.1, -0.05) is 30.3 Å². The van der Waals surface area contributed by atoms with Crippen LogP contribution in [0.15, 0.2) is 30.3 Å². The molecule has 2 N–H and O–H groups in total. The Bertz CT molecular complexity index is 341. The van der Waals surface area contributed by atoms with E-state index in [1.54, 1.807) is 7.11 Å². The normalized spacial score (nSPS) is 10.4. The van der Waals surface area contributed by atoms with E-state index in [9.17, 15) is 4.79 Å². The lowest BCUT2D eigenvalue weighted by Crippen LogP contribution is -2.30. The molecule has 0 saturated carbocycles. The van der Waals surface area contributed by atoms with Gasteiger partial charge in [-0.05, 0) is 24.9 Å². The van der Waals surface area contributed by atoms with Crippen LogP contribution in [0.25, 0.3) is 0 Å². The molecule has 0 spiro atoms. The summed E-state index contributed by atoms with van der Waals surface area (Å²) in [5.41, 5.74) is 1.36. The molecule has 19 heavy (non-hydrogen) atoms. The number of nitrogens with one attached hydrogen (secondary N) is 2. The smallest absolute Gasteiger partial charge is 0.221 e. The van der Waals surface area contributed by atoms with Gasteiger partial charge in [0.25, 0.3) is 0 Å². The fraction of sp³-hybridized carbons (Fsp3) is 0.533. The molecule has 0 radical (unpaired) electrons. The van der Waals surface area contributed by atoms with Crippen molar-refractivity contribution in [2.45, 2.75) is 19.3 Å². The summed E-state index contributed by atoms with van der Waals surface area (Å²) in [5.74, 6) is 0.0765. The van der Waals surface area contributed by atoms with Crippen molar-refractivity contribution in [3.8, 4) is 0 Å². The Morgan fingerprint density at radius 2 is 1.95 bits per heavy atom. The molecule has 1 aromatic carbocycles. The number of hydrogen-bond acceptors (Lipinski definition) is 3. The Kier molecular flexibility index (Phi) is 8.68. The quantitative estimate of drug-likeness (QED) is 0.627. The van der Waals surface area contributed by atoms with Crippen LogP contribution in [0.3, 0.4) is 0 Å². The minimum Gasteiger partial charge on any atom is -0.383 e. The van der Waals surface area contributed by atoms with Gasteiger partial charge in [0.05, 0.1) is 6.61 Å². The van der Waals surface area contributed by atoms with E-state index >= 15 is 0 Å². The number of carbonyl (C=O) groups excluding carboxylic acids is 1. The highest BCUT2D eigenvalue weighted by Gasteiger charge is 1.99. The summed E-state index contributed by atoms with van der Waals surface area (Å²) in [6, 6.07) is 10.4. The summed E-state index contributed by atoms with van der Waals surface area (Å²) in [6.07, 6.45) is 2.69. The van der Waals surface area contributed by atoms with Crippen molar-refractivity contribution in [1.82, 2.24) is 10.6 Å². The average molecular weight is 264 g/mol. The molecule has 1 amide bonds. The zero-order chi connectivity index (χ0) is 13.8. The Morgan fingerprint density at radius 3 is 2.68 bits per heavy atom. The largest absolute Gasteiger partial charge is 0.383 e. The number of benzene rings is 1. The third-order valence-corrected chi connectivity index (χ3v) is 2.82. The Balaban J connectivity index is 1.92. The van der Waals surface area contributed by atoms with Crippen LogP contribution >= 0.6 is 0 Å². The van der Waals surface area contributed by atoms with E-state index in [1.807, 2.05) is 6.07 Å². The van der Waals surface area contributed by atoms with E-state index in [1.165, 1.54) is 5.56 Å². The highest BCUT2D eigenvalue weighted by atomic mass is 16.5. The van der Waals surface area contributed by atoms with Crippen LogP contribution in [0.4, 0.5) is 0 Å². The number of rotatable bonds is 10. The van der Waals surface area contributed by atoms with Crippen molar-refractivity contribution in [3.05, 3.63) is 35.9 Å². The van der Waals surface area contributed by atoms with Crippen molar-refractivity contribution in [2.75, 3.05) is 33.4 Å². The van der Waals surface area contributed by atoms with Gasteiger partial charge < -0.3 is 15.4 Å². The molecule has 0 bridgehead atoms. The molecule has 4 heteroatoms. The summed E-state index contributed by atoms with van der Waals surface area (Å²) >= 11 is 0. The minimum absolute atomic E-state index is 0.0765. The molecule has 0 aliphatic heterocycles. The molecule has 1 aromatic rings. The van der Waals surface area contributed by atoms with E-state index in [4.69, 9.17) is 4.74 Å². The molecule has 0 aliphatic carbocycles. The molecule has 0 atom stereocenters. The Labute approximate surface area is 115 Å². The van der Waals surface area contributed by atoms with Gasteiger partial charge in [0.15, 0.2) is 0 Å². The summed E-state index contributed by atoms with van der Waals surface area (Å²) in [4.78, 5) is 11.4. The zero-order valence-electron chi connectivity index (χ0n) is 11.7. The van der Waals surface area contributed by atoms with Crippen LogP contribution in [-0.2, 0) is 16.0 Å². The topological polar surface area (TPSA) is 50.4 Å². The molecule has 0 heterocycles. The lowest BCUT2D eigenvalue weighted by molar-refractivity contribution is -0.121. The molecular formula is C15H24N2O2. The number of carbonyl (C=O) groups is 1. The first-order valence-electron chi connectivity index (χ1n) is 6.83. The maximum Gasteiger partial charge on any atom is 0.221 e. The second kappa shape index (κ2) is 10.5. The van der Waals surface area contributed by atoms with Gasteiger partial charge in [0.1, 0.15) is 0 Å². The van der Waals surface area contributed by atoms with Crippen LogP contribution in [0.2, 0.25) is 0 Å². The van der Waals surface area contributed by atoms with Crippen molar-refractivity contribution in [2.24, 2.45) is 0 Å². The number of ether oxygens (including phenoxy) is 1. The third-order valence-electron chi connectivity index (χ3n) is 2.82. The first-order chi connectivity index (χ1) is 9.33. The van der Waals surface area contributed by atoms with Crippen molar-refractivity contribution in [3.63, 3.8) is 0 Å². The number of methoxy groups -OCH3 is 1. The van der Waals surface area contributed by atoms with Gasteiger partial charge in [-0.25, -0.2) is 0 Å². The summed E-state index contributed by atoms with van der Waals surface area (Å²) in [7, 11) is 1.63. The van der Waals surface area contributed by atoms with Gasteiger partial charge in [-0.2, -0.15) is 0 Å². The van der Waals surface area contributed by atoms with Crippen molar-refractivity contribution < 1.29 is 9.53 Å². The van der Waals surface area contributed by atoms with Gasteiger partial charge in [0.2, 0.25) is 5.91 Å². The number of hydrogen-bond donors (Lipinski definition) is 2.